The van der Waals surface area contributed by atoms with Crippen molar-refractivity contribution in [1.29, 1.82) is 0 Å². The van der Waals surface area contributed by atoms with Gasteiger partial charge < -0.3 is 15.0 Å². The molecule has 2 aromatic rings. The van der Waals surface area contributed by atoms with Gasteiger partial charge in [0.05, 0.1) is 18.5 Å². The van der Waals surface area contributed by atoms with Crippen molar-refractivity contribution in [3.05, 3.63) is 53.3 Å². The number of ether oxygens (including phenoxy) is 1. The number of pyridine rings is 1. The summed E-state index contributed by atoms with van der Waals surface area (Å²) in [6.07, 6.45) is 1.80. The number of rotatable bonds is 4. The number of nitrogens with one attached hydrogen (secondary N) is 1. The van der Waals surface area contributed by atoms with Gasteiger partial charge in [-0.25, -0.2) is 4.79 Å². The Hall–Kier alpha value is -2.31. The zero-order chi connectivity index (χ0) is 17.6. The van der Waals surface area contributed by atoms with Crippen LogP contribution < -0.4 is 10.1 Å². The Morgan fingerprint density at radius 2 is 2.04 bits per heavy atom. The molecule has 1 N–H and O–H groups in total. The first kappa shape index (κ1) is 17.5. The summed E-state index contributed by atoms with van der Waals surface area (Å²) in [6, 6.07) is 10.9. The number of piperazine rings is 1. The third-order valence-electron chi connectivity index (χ3n) is 4.17. The Balaban J connectivity index is 1.54. The highest BCUT2D eigenvalue weighted by Crippen LogP contribution is 2.28. The Kier molecular flexibility index (Phi) is 5.73. The van der Waals surface area contributed by atoms with Crippen molar-refractivity contribution in [1.82, 2.24) is 14.8 Å². The van der Waals surface area contributed by atoms with E-state index in [0.717, 1.165) is 25.3 Å². The summed E-state index contributed by atoms with van der Waals surface area (Å²) >= 11 is 6.01. The average Bonchev–Trinajstić information content (AvgIpc) is 2.63. The molecule has 1 saturated heterocycles. The highest BCUT2D eigenvalue weighted by molar-refractivity contribution is 6.31. The van der Waals surface area contributed by atoms with Crippen LogP contribution in [0.1, 0.15) is 5.69 Å². The Morgan fingerprint density at radius 3 is 2.72 bits per heavy atom. The number of halogens is 1. The minimum Gasteiger partial charge on any atom is -0.495 e. The summed E-state index contributed by atoms with van der Waals surface area (Å²) in [4.78, 5) is 20.9. The largest absolute Gasteiger partial charge is 0.495 e. The molecule has 1 aliphatic heterocycles. The molecule has 1 aromatic carbocycles. The summed E-state index contributed by atoms with van der Waals surface area (Å²) in [5, 5.41) is 3.44. The molecular formula is C18H21ClN4O2. The third-order valence-corrected chi connectivity index (χ3v) is 4.41. The first-order valence-electron chi connectivity index (χ1n) is 8.17. The number of methoxy groups -OCH3 is 1. The summed E-state index contributed by atoms with van der Waals surface area (Å²) in [6.45, 7) is 3.77. The molecule has 0 atom stereocenters. The van der Waals surface area contributed by atoms with E-state index in [0.29, 0.717) is 29.5 Å². The number of hydrogen-bond donors (Lipinski definition) is 1. The quantitative estimate of drug-likeness (QED) is 0.910. The van der Waals surface area contributed by atoms with Crippen molar-refractivity contribution in [2.75, 3.05) is 38.6 Å². The smallest absolute Gasteiger partial charge is 0.322 e. The van der Waals surface area contributed by atoms with Crippen LogP contribution in [0.5, 0.6) is 5.75 Å². The van der Waals surface area contributed by atoms with E-state index >= 15 is 0 Å². The molecule has 25 heavy (non-hydrogen) atoms. The maximum Gasteiger partial charge on any atom is 0.322 e. The second-order valence-electron chi connectivity index (χ2n) is 5.86. The van der Waals surface area contributed by atoms with Gasteiger partial charge >= 0.3 is 6.03 Å². The van der Waals surface area contributed by atoms with Crippen LogP contribution in [0.3, 0.4) is 0 Å². The van der Waals surface area contributed by atoms with Crippen molar-refractivity contribution in [3.63, 3.8) is 0 Å². The fourth-order valence-electron chi connectivity index (χ4n) is 2.80. The van der Waals surface area contributed by atoms with E-state index in [4.69, 9.17) is 16.3 Å². The number of nitrogens with zero attached hydrogens (tertiary/aromatic N) is 3. The van der Waals surface area contributed by atoms with Gasteiger partial charge in [-0.05, 0) is 30.3 Å². The molecule has 6 nitrogen and oxygen atoms in total. The zero-order valence-electron chi connectivity index (χ0n) is 14.1. The van der Waals surface area contributed by atoms with Crippen LogP contribution in [0.15, 0.2) is 42.6 Å². The van der Waals surface area contributed by atoms with E-state index in [1.165, 1.54) is 0 Å². The summed E-state index contributed by atoms with van der Waals surface area (Å²) < 4.78 is 5.26. The molecule has 7 heteroatoms. The van der Waals surface area contributed by atoms with Gasteiger partial charge in [-0.3, -0.25) is 9.88 Å². The van der Waals surface area contributed by atoms with Gasteiger partial charge in [0, 0.05) is 43.9 Å². The fraction of sp³-hybridized carbons (Fsp3) is 0.333. The van der Waals surface area contributed by atoms with E-state index in [2.05, 4.69) is 15.2 Å². The minimum absolute atomic E-state index is 0.141. The van der Waals surface area contributed by atoms with E-state index in [1.807, 2.05) is 18.2 Å². The molecule has 132 valence electrons. The zero-order valence-corrected chi connectivity index (χ0v) is 14.9. The lowest BCUT2D eigenvalue weighted by molar-refractivity contribution is 0.142. The molecule has 0 spiro atoms. The maximum absolute atomic E-state index is 12.5. The molecule has 0 bridgehead atoms. The lowest BCUT2D eigenvalue weighted by Gasteiger charge is -2.34. The molecule has 3 rings (SSSR count). The predicted molar refractivity (Wildman–Crippen MR) is 98.1 cm³/mol. The van der Waals surface area contributed by atoms with E-state index in [9.17, 15) is 4.79 Å². The van der Waals surface area contributed by atoms with E-state index in [-0.39, 0.29) is 6.03 Å². The molecule has 0 aliphatic carbocycles. The van der Waals surface area contributed by atoms with E-state index < -0.39 is 0 Å². The predicted octanol–water partition coefficient (Wildman–Crippen LogP) is 3.09. The first-order valence-corrected chi connectivity index (χ1v) is 8.55. The van der Waals surface area contributed by atoms with Crippen LogP contribution in [-0.2, 0) is 6.54 Å². The summed E-state index contributed by atoms with van der Waals surface area (Å²) in [5.74, 6) is 0.589. The molecule has 0 radical (unpaired) electrons. The Bertz CT molecular complexity index is 718. The second-order valence-corrected chi connectivity index (χ2v) is 6.30. The van der Waals surface area contributed by atoms with E-state index in [1.54, 1.807) is 36.4 Å². The van der Waals surface area contributed by atoms with Gasteiger partial charge in [-0.1, -0.05) is 17.7 Å². The van der Waals surface area contributed by atoms with Crippen molar-refractivity contribution in [2.24, 2.45) is 0 Å². The standard InChI is InChI=1S/C18H21ClN4O2/c1-25-17-6-5-14(19)12-16(17)21-18(24)23-10-8-22(9-11-23)13-15-4-2-3-7-20-15/h2-7,12H,8-11,13H2,1H3,(H,21,24). The molecule has 1 aromatic heterocycles. The number of urea groups is 1. The second kappa shape index (κ2) is 8.18. The van der Waals surface area contributed by atoms with Crippen molar-refractivity contribution in [2.45, 2.75) is 6.54 Å². The van der Waals surface area contributed by atoms with Gasteiger partial charge in [0.15, 0.2) is 0 Å². The number of carbonyl (C=O) groups excluding carboxylic acids is 1. The number of carbonyl (C=O) groups is 1. The molecule has 1 aliphatic rings. The molecule has 0 saturated carbocycles. The van der Waals surface area contributed by atoms with Crippen molar-refractivity contribution >= 4 is 23.3 Å². The van der Waals surface area contributed by atoms with Crippen LogP contribution in [0.2, 0.25) is 5.02 Å². The average molecular weight is 361 g/mol. The monoisotopic (exact) mass is 360 g/mol. The SMILES string of the molecule is COc1ccc(Cl)cc1NC(=O)N1CCN(Cc2ccccn2)CC1. The van der Waals surface area contributed by atoms with Crippen LogP contribution >= 0.6 is 11.6 Å². The molecular weight excluding hydrogens is 340 g/mol. The van der Waals surface area contributed by atoms with Crippen LogP contribution in [0.4, 0.5) is 10.5 Å². The molecule has 1 fully saturated rings. The van der Waals surface area contributed by atoms with Crippen LogP contribution in [-0.4, -0.2) is 54.1 Å². The molecule has 0 unspecified atom stereocenters. The lowest BCUT2D eigenvalue weighted by Crippen LogP contribution is -2.49. The first-order chi connectivity index (χ1) is 12.2. The highest BCUT2D eigenvalue weighted by atomic mass is 35.5. The van der Waals surface area contributed by atoms with Gasteiger partial charge in [-0.2, -0.15) is 0 Å². The number of aromatic nitrogens is 1. The van der Waals surface area contributed by atoms with Gasteiger partial charge in [0.2, 0.25) is 0 Å². The normalized spacial score (nSPS) is 15.0. The minimum atomic E-state index is -0.141. The Morgan fingerprint density at radius 1 is 1.24 bits per heavy atom. The Labute approximate surface area is 152 Å². The number of hydrogen-bond acceptors (Lipinski definition) is 4. The van der Waals surface area contributed by atoms with Crippen LogP contribution in [0, 0.1) is 0 Å². The van der Waals surface area contributed by atoms with Crippen LogP contribution in [0.25, 0.3) is 0 Å². The van der Waals surface area contributed by atoms with Crippen molar-refractivity contribution in [3.8, 4) is 5.75 Å². The maximum atomic E-state index is 12.5. The number of anilines is 1. The lowest BCUT2D eigenvalue weighted by atomic mass is 10.2. The summed E-state index contributed by atoms with van der Waals surface area (Å²) in [5.41, 5.74) is 1.62. The fourth-order valence-corrected chi connectivity index (χ4v) is 2.97. The highest BCUT2D eigenvalue weighted by Gasteiger charge is 2.22. The molecule has 2 amide bonds. The number of benzene rings is 1. The van der Waals surface area contributed by atoms with Gasteiger partial charge in [0.1, 0.15) is 5.75 Å². The van der Waals surface area contributed by atoms with Crippen molar-refractivity contribution < 1.29 is 9.53 Å². The van der Waals surface area contributed by atoms with Gasteiger partial charge in [-0.15, -0.1) is 0 Å². The summed E-state index contributed by atoms with van der Waals surface area (Å²) in [7, 11) is 1.56. The van der Waals surface area contributed by atoms with Gasteiger partial charge in [0.25, 0.3) is 0 Å². The topological polar surface area (TPSA) is 57.7 Å². The molecule has 2 heterocycles. The number of amides is 2. The third kappa shape index (κ3) is 4.61.